The van der Waals surface area contributed by atoms with Gasteiger partial charge in [-0.3, -0.25) is 9.59 Å². The van der Waals surface area contributed by atoms with Crippen molar-refractivity contribution in [1.82, 2.24) is 0 Å². The molecule has 0 spiro atoms. The number of nitrogens with zero attached hydrogens (tertiary/aromatic N) is 1. The minimum absolute atomic E-state index is 0.186. The van der Waals surface area contributed by atoms with Crippen LogP contribution in [0.25, 0.3) is 0 Å². The molecule has 0 bridgehead atoms. The van der Waals surface area contributed by atoms with Crippen molar-refractivity contribution in [2.45, 2.75) is 25.9 Å². The van der Waals surface area contributed by atoms with Crippen LogP contribution >= 0.6 is 11.6 Å². The van der Waals surface area contributed by atoms with E-state index in [1.165, 1.54) is 29.2 Å². The number of rotatable bonds is 3. The first kappa shape index (κ1) is 22.0. The largest absolute Gasteiger partial charge is 0.388 e. The number of carbonyl (C=O) groups excluding carboxylic acids is 2. The summed E-state index contributed by atoms with van der Waals surface area (Å²) in [6.45, 7) is 2.22. The Bertz CT molecular complexity index is 1200. The van der Waals surface area contributed by atoms with E-state index in [0.29, 0.717) is 41.9 Å². The zero-order chi connectivity index (χ0) is 22.8. The van der Waals surface area contributed by atoms with Gasteiger partial charge in [-0.05, 0) is 67.8 Å². The van der Waals surface area contributed by atoms with Crippen molar-refractivity contribution >= 4 is 34.8 Å². The molecule has 1 aliphatic rings. The highest BCUT2D eigenvalue weighted by atomic mass is 35.5. The number of aliphatic hydroxyl groups excluding tert-OH is 1. The molecule has 1 atom stereocenters. The van der Waals surface area contributed by atoms with E-state index in [2.05, 4.69) is 5.32 Å². The van der Waals surface area contributed by atoms with Crippen molar-refractivity contribution in [2.24, 2.45) is 0 Å². The molecule has 7 heteroatoms. The summed E-state index contributed by atoms with van der Waals surface area (Å²) >= 11 is 6.42. The molecule has 1 aliphatic heterocycles. The van der Waals surface area contributed by atoms with Crippen LogP contribution in [0.15, 0.2) is 60.7 Å². The molecule has 5 nitrogen and oxygen atoms in total. The van der Waals surface area contributed by atoms with Gasteiger partial charge in [-0.15, -0.1) is 0 Å². The number of hydrogen-bond donors (Lipinski definition) is 2. The topological polar surface area (TPSA) is 69.6 Å². The second-order valence-corrected chi connectivity index (χ2v) is 8.19. The van der Waals surface area contributed by atoms with E-state index in [1.807, 2.05) is 19.1 Å². The van der Waals surface area contributed by atoms with Crippen LogP contribution in [-0.4, -0.2) is 23.5 Å². The molecule has 164 valence electrons. The molecule has 1 unspecified atom stereocenters. The molecular formula is C25H22ClFN2O3. The average Bonchev–Trinajstić information content (AvgIpc) is 2.92. The molecule has 1 heterocycles. The monoisotopic (exact) mass is 452 g/mol. The maximum absolute atomic E-state index is 13.7. The van der Waals surface area contributed by atoms with Crippen LogP contribution in [-0.2, 0) is 0 Å². The summed E-state index contributed by atoms with van der Waals surface area (Å²) < 4.78 is 13.7. The van der Waals surface area contributed by atoms with Crippen molar-refractivity contribution < 1.29 is 19.1 Å². The number of carbonyl (C=O) groups is 2. The number of amides is 2. The Kier molecular flexibility index (Phi) is 6.26. The highest BCUT2D eigenvalue weighted by molar-refractivity contribution is 6.35. The minimum Gasteiger partial charge on any atom is -0.388 e. The van der Waals surface area contributed by atoms with Crippen LogP contribution in [0.3, 0.4) is 0 Å². The van der Waals surface area contributed by atoms with Gasteiger partial charge >= 0.3 is 0 Å². The maximum atomic E-state index is 13.7. The summed E-state index contributed by atoms with van der Waals surface area (Å²) in [7, 11) is 0. The third-order valence-corrected chi connectivity index (χ3v) is 5.90. The van der Waals surface area contributed by atoms with E-state index >= 15 is 0 Å². The molecule has 2 amide bonds. The van der Waals surface area contributed by atoms with Gasteiger partial charge < -0.3 is 15.3 Å². The van der Waals surface area contributed by atoms with Gasteiger partial charge in [-0.1, -0.05) is 29.8 Å². The predicted molar refractivity (Wildman–Crippen MR) is 123 cm³/mol. The zero-order valence-corrected chi connectivity index (χ0v) is 18.2. The second kappa shape index (κ2) is 9.10. The Morgan fingerprint density at radius 2 is 1.88 bits per heavy atom. The molecule has 0 radical (unpaired) electrons. The highest BCUT2D eigenvalue weighted by Crippen LogP contribution is 2.35. The van der Waals surface area contributed by atoms with Gasteiger partial charge in [0.2, 0.25) is 0 Å². The number of hydrogen-bond acceptors (Lipinski definition) is 3. The van der Waals surface area contributed by atoms with Gasteiger partial charge in [0.15, 0.2) is 0 Å². The summed E-state index contributed by atoms with van der Waals surface area (Å²) in [5.74, 6) is -1.09. The SMILES string of the molecule is Cc1ccccc1C(=O)Nc1ccc(C(=O)N2CCCC(O)c3cc(F)ccc32)c(Cl)c1. The van der Waals surface area contributed by atoms with Gasteiger partial charge in [0.1, 0.15) is 5.82 Å². The average molecular weight is 453 g/mol. The lowest BCUT2D eigenvalue weighted by Gasteiger charge is -2.24. The molecule has 0 fully saturated rings. The first-order valence-electron chi connectivity index (χ1n) is 10.3. The predicted octanol–water partition coefficient (Wildman–Crippen LogP) is 5.51. The van der Waals surface area contributed by atoms with Crippen molar-refractivity contribution in [3.8, 4) is 0 Å². The van der Waals surface area contributed by atoms with Crippen LogP contribution in [0.5, 0.6) is 0 Å². The van der Waals surface area contributed by atoms with Crippen molar-refractivity contribution in [3.63, 3.8) is 0 Å². The first-order chi connectivity index (χ1) is 15.3. The van der Waals surface area contributed by atoms with Gasteiger partial charge in [0, 0.05) is 29.0 Å². The molecule has 0 aromatic heterocycles. The van der Waals surface area contributed by atoms with Crippen molar-refractivity contribution in [2.75, 3.05) is 16.8 Å². The van der Waals surface area contributed by atoms with E-state index in [-0.39, 0.29) is 22.4 Å². The number of benzene rings is 3. The number of aliphatic hydroxyl groups is 1. The Hall–Kier alpha value is -3.22. The Labute approximate surface area is 190 Å². The molecule has 32 heavy (non-hydrogen) atoms. The third kappa shape index (κ3) is 4.38. The Morgan fingerprint density at radius 3 is 2.62 bits per heavy atom. The molecular weight excluding hydrogens is 431 g/mol. The second-order valence-electron chi connectivity index (χ2n) is 7.78. The standard InChI is InChI=1S/C25H22ClFN2O3/c1-15-5-2-3-6-18(15)24(31)28-17-9-10-19(21(26)14-17)25(32)29-12-4-7-23(30)20-13-16(27)8-11-22(20)29/h2-3,5-6,8-11,13-14,23,30H,4,7,12H2,1H3,(H,28,31). The lowest BCUT2D eigenvalue weighted by molar-refractivity contribution is 0.0985. The van der Waals surface area contributed by atoms with Gasteiger partial charge in [0.05, 0.1) is 16.7 Å². The quantitative estimate of drug-likeness (QED) is 0.550. The fraction of sp³-hybridized carbons (Fsp3) is 0.200. The smallest absolute Gasteiger partial charge is 0.259 e. The Balaban J connectivity index is 1.60. The number of fused-ring (bicyclic) bond motifs is 1. The molecule has 3 aromatic carbocycles. The third-order valence-electron chi connectivity index (χ3n) is 5.59. The summed E-state index contributed by atoms with van der Waals surface area (Å²) in [6, 6.07) is 16.0. The maximum Gasteiger partial charge on any atom is 0.259 e. The van der Waals surface area contributed by atoms with Crippen LogP contribution in [0.4, 0.5) is 15.8 Å². The number of anilines is 2. The van der Waals surface area contributed by atoms with E-state index in [0.717, 1.165) is 5.56 Å². The minimum atomic E-state index is -0.840. The molecule has 2 N–H and O–H groups in total. The van der Waals surface area contributed by atoms with Crippen LogP contribution in [0.2, 0.25) is 5.02 Å². The van der Waals surface area contributed by atoms with Crippen molar-refractivity contribution in [1.29, 1.82) is 0 Å². The van der Waals surface area contributed by atoms with E-state index in [4.69, 9.17) is 11.6 Å². The lowest BCUT2D eigenvalue weighted by Crippen LogP contribution is -2.32. The highest BCUT2D eigenvalue weighted by Gasteiger charge is 2.27. The van der Waals surface area contributed by atoms with Gasteiger partial charge in [-0.25, -0.2) is 4.39 Å². The van der Waals surface area contributed by atoms with Crippen LogP contribution < -0.4 is 10.2 Å². The van der Waals surface area contributed by atoms with Crippen LogP contribution in [0.1, 0.15) is 50.8 Å². The van der Waals surface area contributed by atoms with Crippen LogP contribution in [0, 0.1) is 12.7 Å². The van der Waals surface area contributed by atoms with Gasteiger partial charge in [-0.2, -0.15) is 0 Å². The lowest BCUT2D eigenvalue weighted by atomic mass is 10.0. The summed E-state index contributed by atoms with van der Waals surface area (Å²) in [4.78, 5) is 27.4. The molecule has 0 saturated heterocycles. The number of halogens is 2. The fourth-order valence-corrected chi connectivity index (χ4v) is 4.17. The molecule has 0 aliphatic carbocycles. The summed E-state index contributed by atoms with van der Waals surface area (Å²) in [6.07, 6.45) is 0.150. The number of aryl methyl sites for hydroxylation is 1. The fourth-order valence-electron chi connectivity index (χ4n) is 3.91. The summed E-state index contributed by atoms with van der Waals surface area (Å²) in [5.41, 5.74) is 2.97. The zero-order valence-electron chi connectivity index (χ0n) is 17.4. The number of nitrogens with one attached hydrogen (secondary N) is 1. The Morgan fingerprint density at radius 1 is 1.09 bits per heavy atom. The van der Waals surface area contributed by atoms with Crippen molar-refractivity contribution in [3.05, 3.63) is 93.8 Å². The molecule has 3 aromatic rings. The summed E-state index contributed by atoms with van der Waals surface area (Å²) in [5, 5.41) is 13.3. The van der Waals surface area contributed by atoms with E-state index in [9.17, 15) is 19.1 Å². The van der Waals surface area contributed by atoms with E-state index < -0.39 is 11.9 Å². The normalized spacial score (nSPS) is 15.6. The molecule has 4 rings (SSSR count). The first-order valence-corrected chi connectivity index (χ1v) is 10.7. The van der Waals surface area contributed by atoms with Gasteiger partial charge in [0.25, 0.3) is 11.8 Å². The molecule has 0 saturated carbocycles. The van der Waals surface area contributed by atoms with E-state index in [1.54, 1.807) is 24.3 Å².